The molecule has 20 heavy (non-hydrogen) atoms. The predicted octanol–water partition coefficient (Wildman–Crippen LogP) is 1.94. The molecule has 0 heterocycles. The van der Waals surface area contributed by atoms with Crippen molar-refractivity contribution >= 4 is 5.97 Å². The summed E-state index contributed by atoms with van der Waals surface area (Å²) in [7, 11) is 0. The van der Waals surface area contributed by atoms with Crippen LogP contribution < -0.4 is 10.5 Å². The van der Waals surface area contributed by atoms with Crippen LogP contribution in [0.3, 0.4) is 0 Å². The van der Waals surface area contributed by atoms with Crippen molar-refractivity contribution in [3.05, 3.63) is 66.2 Å². The molecule has 0 aliphatic carbocycles. The van der Waals surface area contributed by atoms with Crippen molar-refractivity contribution in [3.8, 4) is 5.75 Å². The van der Waals surface area contributed by atoms with Crippen LogP contribution in [0.5, 0.6) is 5.75 Å². The summed E-state index contributed by atoms with van der Waals surface area (Å²) in [6.07, 6.45) is 0. The van der Waals surface area contributed by atoms with E-state index in [1.165, 1.54) is 0 Å². The van der Waals surface area contributed by atoms with Gasteiger partial charge in [-0.15, -0.1) is 0 Å². The average molecular weight is 270 g/mol. The molecule has 2 rings (SSSR count). The van der Waals surface area contributed by atoms with Crippen LogP contribution >= 0.6 is 0 Å². The summed E-state index contributed by atoms with van der Waals surface area (Å²) in [6, 6.07) is 18.5. The first kappa shape index (κ1) is 14.1. The number of rotatable bonds is 6. The molecule has 1 atom stereocenters. The van der Waals surface area contributed by atoms with Crippen LogP contribution in [0, 0.1) is 6.07 Å². The number of carbonyl (C=O) groups excluding carboxylic acids is 1. The van der Waals surface area contributed by atoms with Crippen molar-refractivity contribution in [3.63, 3.8) is 0 Å². The fourth-order valence-electron chi connectivity index (χ4n) is 1.56. The lowest BCUT2D eigenvalue weighted by Crippen LogP contribution is -2.37. The van der Waals surface area contributed by atoms with E-state index in [1.807, 2.05) is 30.3 Å². The second kappa shape index (κ2) is 7.31. The van der Waals surface area contributed by atoms with E-state index in [2.05, 4.69) is 6.07 Å². The molecular weight excluding hydrogens is 254 g/mol. The van der Waals surface area contributed by atoms with Gasteiger partial charge < -0.3 is 15.2 Å². The van der Waals surface area contributed by atoms with Crippen LogP contribution in [0.4, 0.5) is 0 Å². The van der Waals surface area contributed by atoms with E-state index in [0.29, 0.717) is 5.75 Å². The van der Waals surface area contributed by atoms with Gasteiger partial charge in [0.2, 0.25) is 0 Å². The third-order valence-electron chi connectivity index (χ3n) is 2.63. The van der Waals surface area contributed by atoms with Crippen LogP contribution in [0.2, 0.25) is 0 Å². The zero-order valence-electron chi connectivity index (χ0n) is 11.0. The first-order valence-corrected chi connectivity index (χ1v) is 6.31. The van der Waals surface area contributed by atoms with E-state index < -0.39 is 12.0 Å². The highest BCUT2D eigenvalue weighted by atomic mass is 16.5. The lowest BCUT2D eigenvalue weighted by Gasteiger charge is -2.12. The smallest absolute Gasteiger partial charge is 0.326 e. The van der Waals surface area contributed by atoms with Crippen molar-refractivity contribution in [1.29, 1.82) is 0 Å². The molecule has 0 aromatic heterocycles. The standard InChI is InChI=1S/C16H16NO3/c17-15(12-19-14-9-5-2-6-10-14)16(18)20-11-13-7-3-1-4-8-13/h1-5,7-10,15H,11-12,17H2. The van der Waals surface area contributed by atoms with Gasteiger partial charge in [-0.2, -0.15) is 0 Å². The van der Waals surface area contributed by atoms with Gasteiger partial charge in [0, 0.05) is 0 Å². The normalized spacial score (nSPS) is 11.7. The van der Waals surface area contributed by atoms with Gasteiger partial charge in [-0.3, -0.25) is 4.79 Å². The monoisotopic (exact) mass is 270 g/mol. The van der Waals surface area contributed by atoms with Crippen molar-refractivity contribution in [2.45, 2.75) is 12.6 Å². The Bertz CT molecular complexity index is 528. The minimum absolute atomic E-state index is 0.0749. The molecule has 1 radical (unpaired) electrons. The minimum Gasteiger partial charge on any atom is -0.491 e. The molecule has 0 fully saturated rings. The van der Waals surface area contributed by atoms with Crippen LogP contribution in [-0.4, -0.2) is 18.6 Å². The quantitative estimate of drug-likeness (QED) is 0.815. The van der Waals surface area contributed by atoms with Crippen molar-refractivity contribution in [2.24, 2.45) is 5.73 Å². The van der Waals surface area contributed by atoms with Gasteiger partial charge in [0.05, 0.1) is 0 Å². The van der Waals surface area contributed by atoms with E-state index >= 15 is 0 Å². The van der Waals surface area contributed by atoms with Gasteiger partial charge in [0.1, 0.15) is 25.0 Å². The Hall–Kier alpha value is -2.33. The molecule has 1 unspecified atom stereocenters. The molecule has 0 spiro atoms. The number of hydrogen-bond acceptors (Lipinski definition) is 4. The van der Waals surface area contributed by atoms with Gasteiger partial charge >= 0.3 is 5.97 Å². The number of esters is 1. The number of ether oxygens (including phenoxy) is 2. The summed E-state index contributed by atoms with van der Waals surface area (Å²) in [6.45, 7) is 0.290. The molecule has 0 aliphatic heterocycles. The molecule has 103 valence electrons. The Morgan fingerprint density at radius 3 is 2.70 bits per heavy atom. The molecule has 0 saturated heterocycles. The Kier molecular flexibility index (Phi) is 5.15. The van der Waals surface area contributed by atoms with Crippen molar-refractivity contribution in [2.75, 3.05) is 6.61 Å². The highest BCUT2D eigenvalue weighted by Crippen LogP contribution is 2.08. The van der Waals surface area contributed by atoms with Crippen LogP contribution in [0.25, 0.3) is 0 Å². The zero-order chi connectivity index (χ0) is 14.2. The van der Waals surface area contributed by atoms with Gasteiger partial charge in [-0.1, -0.05) is 42.5 Å². The number of benzene rings is 2. The third-order valence-corrected chi connectivity index (χ3v) is 2.63. The third kappa shape index (κ3) is 4.40. The average Bonchev–Trinajstić information content (AvgIpc) is 2.52. The molecular formula is C16H16NO3. The maximum atomic E-state index is 11.7. The lowest BCUT2D eigenvalue weighted by atomic mass is 10.2. The predicted molar refractivity (Wildman–Crippen MR) is 75.0 cm³/mol. The molecule has 4 heteroatoms. The fraction of sp³-hybridized carbons (Fsp3) is 0.188. The number of nitrogens with two attached hydrogens (primary N) is 1. The van der Waals surface area contributed by atoms with Crippen molar-refractivity contribution < 1.29 is 14.3 Å². The largest absolute Gasteiger partial charge is 0.491 e. The molecule has 0 amide bonds. The molecule has 2 aromatic rings. The maximum absolute atomic E-state index is 11.7. The first-order valence-electron chi connectivity index (χ1n) is 6.31. The van der Waals surface area contributed by atoms with E-state index in [1.54, 1.807) is 24.3 Å². The van der Waals surface area contributed by atoms with Gasteiger partial charge in [-0.25, -0.2) is 0 Å². The Morgan fingerprint density at radius 2 is 2.00 bits per heavy atom. The van der Waals surface area contributed by atoms with Crippen LogP contribution in [0.1, 0.15) is 5.56 Å². The first-order chi connectivity index (χ1) is 9.75. The Morgan fingerprint density at radius 1 is 1.20 bits per heavy atom. The van der Waals surface area contributed by atoms with Crippen LogP contribution in [0.15, 0.2) is 54.6 Å². The summed E-state index contributed by atoms with van der Waals surface area (Å²) >= 11 is 0. The van der Waals surface area contributed by atoms with Crippen molar-refractivity contribution in [1.82, 2.24) is 0 Å². The summed E-state index contributed by atoms with van der Waals surface area (Å²) in [5.41, 5.74) is 6.64. The molecule has 0 aliphatic rings. The zero-order valence-corrected chi connectivity index (χ0v) is 11.0. The highest BCUT2D eigenvalue weighted by Gasteiger charge is 2.15. The summed E-state index contributed by atoms with van der Waals surface area (Å²) in [5, 5.41) is 0. The number of carbonyl (C=O) groups is 1. The van der Waals surface area contributed by atoms with E-state index in [9.17, 15) is 4.79 Å². The highest BCUT2D eigenvalue weighted by molar-refractivity contribution is 5.75. The van der Waals surface area contributed by atoms with E-state index in [0.717, 1.165) is 5.56 Å². The second-order valence-electron chi connectivity index (χ2n) is 4.25. The molecule has 4 nitrogen and oxygen atoms in total. The number of hydrogen-bond donors (Lipinski definition) is 1. The molecule has 2 N–H and O–H groups in total. The lowest BCUT2D eigenvalue weighted by molar-refractivity contribution is -0.147. The van der Waals surface area contributed by atoms with E-state index in [-0.39, 0.29) is 13.2 Å². The Labute approximate surface area is 118 Å². The fourth-order valence-corrected chi connectivity index (χ4v) is 1.56. The minimum atomic E-state index is -0.807. The van der Waals surface area contributed by atoms with Crippen LogP contribution in [-0.2, 0) is 16.1 Å². The summed E-state index contributed by atoms with van der Waals surface area (Å²) in [4.78, 5) is 11.7. The maximum Gasteiger partial charge on any atom is 0.326 e. The SMILES string of the molecule is NC(COc1c[c]ccc1)C(=O)OCc1ccccc1. The van der Waals surface area contributed by atoms with Gasteiger partial charge in [0.25, 0.3) is 0 Å². The van der Waals surface area contributed by atoms with Gasteiger partial charge in [0.15, 0.2) is 0 Å². The second-order valence-corrected chi connectivity index (χ2v) is 4.25. The Balaban J connectivity index is 1.75. The molecule has 0 bridgehead atoms. The summed E-state index contributed by atoms with van der Waals surface area (Å²) in [5.74, 6) is 0.146. The molecule has 0 saturated carbocycles. The van der Waals surface area contributed by atoms with E-state index in [4.69, 9.17) is 15.2 Å². The molecule has 2 aromatic carbocycles. The summed E-state index contributed by atoms with van der Waals surface area (Å²) < 4.78 is 10.5. The van der Waals surface area contributed by atoms with Gasteiger partial charge in [-0.05, 0) is 23.8 Å². The topological polar surface area (TPSA) is 61.5 Å².